The number of piperidine rings is 1. The maximum absolute atomic E-state index is 12.4. The third-order valence-corrected chi connectivity index (χ3v) is 5.22. The monoisotopic (exact) mass is 429 g/mol. The van der Waals surface area contributed by atoms with Gasteiger partial charge in [0.25, 0.3) is 5.91 Å². The highest BCUT2D eigenvalue weighted by molar-refractivity contribution is 5.78. The highest BCUT2D eigenvalue weighted by Gasteiger charge is 2.22. The van der Waals surface area contributed by atoms with E-state index < -0.39 is 4.92 Å². The van der Waals surface area contributed by atoms with Gasteiger partial charge in [0.1, 0.15) is 0 Å². The summed E-state index contributed by atoms with van der Waals surface area (Å²) in [4.78, 5) is 24.9. The first-order valence-corrected chi connectivity index (χ1v) is 10.3. The van der Waals surface area contributed by atoms with Crippen LogP contribution in [0.1, 0.15) is 43.7 Å². The fourth-order valence-electron chi connectivity index (χ4n) is 3.39. The summed E-state index contributed by atoms with van der Waals surface area (Å²) in [5.41, 5.74) is 0.790. The van der Waals surface area contributed by atoms with Crippen molar-refractivity contribution in [3.63, 3.8) is 0 Å². The lowest BCUT2D eigenvalue weighted by Crippen LogP contribution is -2.40. The first kappa shape index (κ1) is 22.3. The zero-order valence-electron chi connectivity index (χ0n) is 18.0. The van der Waals surface area contributed by atoms with Gasteiger partial charge in [-0.3, -0.25) is 14.9 Å². The molecule has 3 rings (SSSR count). The SMILES string of the molecule is CCOc1cc(/C=C/c2onc(C)c2[N+](=O)[O-])ccc1OCC(=O)N1CCC(C)CC1. The van der Waals surface area contributed by atoms with Crippen LogP contribution in [0.15, 0.2) is 22.7 Å². The average Bonchev–Trinajstić information content (AvgIpc) is 3.12. The molecule has 0 bridgehead atoms. The largest absolute Gasteiger partial charge is 0.490 e. The number of carbonyl (C=O) groups is 1. The number of hydrogen-bond donors (Lipinski definition) is 0. The number of carbonyl (C=O) groups excluding carboxylic acids is 1. The van der Waals surface area contributed by atoms with Crippen LogP contribution < -0.4 is 9.47 Å². The Hall–Kier alpha value is -3.36. The molecule has 1 saturated heterocycles. The van der Waals surface area contributed by atoms with Gasteiger partial charge in [-0.2, -0.15) is 0 Å². The van der Waals surface area contributed by atoms with Gasteiger partial charge in [0.2, 0.25) is 5.76 Å². The van der Waals surface area contributed by atoms with Gasteiger partial charge in [0, 0.05) is 13.1 Å². The molecule has 0 aliphatic carbocycles. The van der Waals surface area contributed by atoms with E-state index in [1.54, 1.807) is 24.3 Å². The Morgan fingerprint density at radius 2 is 2.03 bits per heavy atom. The molecule has 0 spiro atoms. The standard InChI is InChI=1S/C22H27N3O6/c1-4-29-20-13-17(6-8-19-22(25(27)28)16(3)23-31-19)5-7-18(20)30-14-21(26)24-11-9-15(2)10-12-24/h5-8,13,15H,4,9-12,14H2,1-3H3/b8-6+. The molecule has 9 nitrogen and oxygen atoms in total. The predicted octanol–water partition coefficient (Wildman–Crippen LogP) is 4.10. The quantitative estimate of drug-likeness (QED) is 0.459. The van der Waals surface area contributed by atoms with Crippen LogP contribution in [0.4, 0.5) is 5.69 Å². The summed E-state index contributed by atoms with van der Waals surface area (Å²) in [6.45, 7) is 7.47. The molecule has 2 heterocycles. The number of aromatic nitrogens is 1. The van der Waals surface area contributed by atoms with Crippen molar-refractivity contribution in [1.82, 2.24) is 10.1 Å². The summed E-state index contributed by atoms with van der Waals surface area (Å²) in [5.74, 6) is 1.65. The van der Waals surface area contributed by atoms with Gasteiger partial charge in [0.05, 0.1) is 11.5 Å². The maximum atomic E-state index is 12.4. The summed E-state index contributed by atoms with van der Waals surface area (Å²) in [6, 6.07) is 5.24. The molecule has 1 aromatic carbocycles. The molecule has 0 unspecified atom stereocenters. The van der Waals surface area contributed by atoms with Crippen LogP contribution in [-0.4, -0.2) is 47.2 Å². The summed E-state index contributed by atoms with van der Waals surface area (Å²) >= 11 is 0. The number of rotatable bonds is 8. The highest BCUT2D eigenvalue weighted by Crippen LogP contribution is 2.30. The van der Waals surface area contributed by atoms with E-state index in [9.17, 15) is 14.9 Å². The van der Waals surface area contributed by atoms with Crippen LogP contribution in [0.5, 0.6) is 11.5 Å². The van der Waals surface area contributed by atoms with Gasteiger partial charge in [-0.25, -0.2) is 0 Å². The predicted molar refractivity (Wildman–Crippen MR) is 115 cm³/mol. The molecule has 0 N–H and O–H groups in total. The second-order valence-electron chi connectivity index (χ2n) is 7.56. The molecule has 2 aromatic rings. The molecule has 0 saturated carbocycles. The number of aryl methyl sites for hydroxylation is 1. The van der Waals surface area contributed by atoms with E-state index >= 15 is 0 Å². The number of hydrogen-bond acceptors (Lipinski definition) is 7. The summed E-state index contributed by atoms with van der Waals surface area (Å²) in [5, 5.41) is 14.8. The van der Waals surface area contributed by atoms with E-state index in [0.717, 1.165) is 31.5 Å². The lowest BCUT2D eigenvalue weighted by atomic mass is 9.99. The van der Waals surface area contributed by atoms with Crippen LogP contribution in [-0.2, 0) is 4.79 Å². The Kier molecular flexibility index (Phi) is 7.28. The fraction of sp³-hybridized carbons (Fsp3) is 0.455. The van der Waals surface area contributed by atoms with Crippen molar-refractivity contribution >= 4 is 23.7 Å². The molecule has 1 aliphatic rings. The molecular formula is C22H27N3O6. The van der Waals surface area contributed by atoms with Crippen LogP contribution >= 0.6 is 0 Å². The van der Waals surface area contributed by atoms with Gasteiger partial charge < -0.3 is 18.9 Å². The normalized spacial score (nSPS) is 14.7. The van der Waals surface area contributed by atoms with Crippen molar-refractivity contribution in [2.75, 3.05) is 26.3 Å². The lowest BCUT2D eigenvalue weighted by molar-refractivity contribution is -0.386. The lowest BCUT2D eigenvalue weighted by Gasteiger charge is -2.30. The average molecular weight is 429 g/mol. The number of nitro groups is 1. The minimum absolute atomic E-state index is 0.0358. The molecule has 31 heavy (non-hydrogen) atoms. The van der Waals surface area contributed by atoms with Crippen molar-refractivity contribution < 1.29 is 23.7 Å². The molecule has 0 atom stereocenters. The number of ether oxygens (including phenoxy) is 2. The van der Waals surface area contributed by atoms with E-state index in [-0.39, 0.29) is 29.7 Å². The van der Waals surface area contributed by atoms with Crippen molar-refractivity contribution in [3.8, 4) is 11.5 Å². The molecule has 1 fully saturated rings. The minimum Gasteiger partial charge on any atom is -0.490 e. The Morgan fingerprint density at radius 1 is 1.29 bits per heavy atom. The van der Waals surface area contributed by atoms with Gasteiger partial charge in [0.15, 0.2) is 23.8 Å². The van der Waals surface area contributed by atoms with Crippen molar-refractivity contribution in [2.24, 2.45) is 5.92 Å². The number of likely N-dealkylation sites (tertiary alicyclic amines) is 1. The van der Waals surface area contributed by atoms with E-state index in [0.29, 0.717) is 24.0 Å². The van der Waals surface area contributed by atoms with Crippen LogP contribution in [0.3, 0.4) is 0 Å². The van der Waals surface area contributed by atoms with Gasteiger partial charge >= 0.3 is 5.69 Å². The van der Waals surface area contributed by atoms with E-state index in [1.807, 2.05) is 11.8 Å². The smallest absolute Gasteiger partial charge is 0.338 e. The van der Waals surface area contributed by atoms with E-state index in [4.69, 9.17) is 14.0 Å². The zero-order chi connectivity index (χ0) is 22.4. The van der Waals surface area contributed by atoms with Gasteiger partial charge in [-0.1, -0.05) is 24.2 Å². The summed E-state index contributed by atoms with van der Waals surface area (Å²) in [7, 11) is 0. The Morgan fingerprint density at radius 3 is 2.71 bits per heavy atom. The highest BCUT2D eigenvalue weighted by atomic mass is 16.6. The topological polar surface area (TPSA) is 108 Å². The molecule has 1 aromatic heterocycles. The van der Waals surface area contributed by atoms with E-state index in [1.165, 1.54) is 13.0 Å². The van der Waals surface area contributed by atoms with Crippen LogP contribution in [0.2, 0.25) is 0 Å². The third kappa shape index (κ3) is 5.62. The third-order valence-electron chi connectivity index (χ3n) is 5.22. The van der Waals surface area contributed by atoms with Crippen molar-refractivity contribution in [1.29, 1.82) is 0 Å². The number of nitrogens with zero attached hydrogens (tertiary/aromatic N) is 3. The fourth-order valence-corrected chi connectivity index (χ4v) is 3.39. The Balaban J connectivity index is 1.69. The minimum atomic E-state index is -0.520. The Labute approximate surface area is 180 Å². The summed E-state index contributed by atoms with van der Waals surface area (Å²) < 4.78 is 16.4. The number of benzene rings is 1. The number of amides is 1. The molecular weight excluding hydrogens is 402 g/mol. The molecule has 166 valence electrons. The Bertz CT molecular complexity index is 960. The molecule has 1 aliphatic heterocycles. The first-order chi connectivity index (χ1) is 14.9. The first-order valence-electron chi connectivity index (χ1n) is 10.3. The second-order valence-corrected chi connectivity index (χ2v) is 7.56. The van der Waals surface area contributed by atoms with Crippen molar-refractivity contribution in [3.05, 3.63) is 45.3 Å². The van der Waals surface area contributed by atoms with Gasteiger partial charge in [-0.15, -0.1) is 0 Å². The van der Waals surface area contributed by atoms with Gasteiger partial charge in [-0.05, 0) is 56.4 Å². The van der Waals surface area contributed by atoms with Crippen LogP contribution in [0.25, 0.3) is 12.2 Å². The molecule has 1 amide bonds. The van der Waals surface area contributed by atoms with Crippen LogP contribution in [0, 0.1) is 23.0 Å². The molecule has 9 heteroatoms. The molecule has 0 radical (unpaired) electrons. The zero-order valence-corrected chi connectivity index (χ0v) is 18.0. The maximum Gasteiger partial charge on any atom is 0.338 e. The second kappa shape index (κ2) is 10.1. The summed E-state index contributed by atoms with van der Waals surface area (Å²) in [6.07, 6.45) is 5.18. The van der Waals surface area contributed by atoms with E-state index in [2.05, 4.69) is 12.1 Å². The van der Waals surface area contributed by atoms with Crippen molar-refractivity contribution in [2.45, 2.75) is 33.6 Å².